The number of carboxylic acid groups (broad SMARTS) is 1. The maximum Gasteiger partial charge on any atom is 0.303 e. The molecule has 0 aliphatic rings. The first-order valence-electron chi connectivity index (χ1n) is 9.57. The van der Waals surface area contributed by atoms with Gasteiger partial charge >= 0.3 is 5.97 Å². The smallest absolute Gasteiger partial charge is 0.303 e. The van der Waals surface area contributed by atoms with Gasteiger partial charge in [-0.3, -0.25) is 4.79 Å². The third kappa shape index (κ3) is 8.87. The summed E-state index contributed by atoms with van der Waals surface area (Å²) in [4.78, 5) is 13.3. The SMILES string of the molecule is O=C(O)CCCc1ccc(CCCCCCCCc2ccccc2)s1. The van der Waals surface area contributed by atoms with Gasteiger partial charge in [0.1, 0.15) is 0 Å². The van der Waals surface area contributed by atoms with E-state index in [1.807, 2.05) is 11.3 Å². The molecule has 1 aromatic carbocycles. The van der Waals surface area contributed by atoms with Crippen molar-refractivity contribution < 1.29 is 9.90 Å². The summed E-state index contributed by atoms with van der Waals surface area (Å²) in [5.41, 5.74) is 1.46. The van der Waals surface area contributed by atoms with Crippen LogP contribution in [0.5, 0.6) is 0 Å². The quantitative estimate of drug-likeness (QED) is 0.428. The lowest BCUT2D eigenvalue weighted by atomic mass is 10.0. The predicted molar refractivity (Wildman–Crippen MR) is 106 cm³/mol. The molecule has 2 nitrogen and oxygen atoms in total. The van der Waals surface area contributed by atoms with Crippen molar-refractivity contribution >= 4 is 17.3 Å². The van der Waals surface area contributed by atoms with E-state index in [1.165, 1.54) is 66.7 Å². The lowest BCUT2D eigenvalue weighted by molar-refractivity contribution is -0.137. The molecule has 0 radical (unpaired) electrons. The Labute approximate surface area is 155 Å². The van der Waals surface area contributed by atoms with Gasteiger partial charge in [-0.2, -0.15) is 0 Å². The van der Waals surface area contributed by atoms with E-state index >= 15 is 0 Å². The highest BCUT2D eigenvalue weighted by Gasteiger charge is 2.03. The molecule has 1 aromatic heterocycles. The summed E-state index contributed by atoms with van der Waals surface area (Å²) in [5.74, 6) is -0.694. The molecule has 1 N–H and O–H groups in total. The molecule has 0 aliphatic carbocycles. The molecule has 0 unspecified atom stereocenters. The second-order valence-electron chi connectivity index (χ2n) is 6.72. The molecular weight excluding hydrogens is 328 g/mol. The van der Waals surface area contributed by atoms with Crippen molar-refractivity contribution in [2.75, 3.05) is 0 Å². The first-order valence-corrected chi connectivity index (χ1v) is 10.4. The van der Waals surface area contributed by atoms with Gasteiger partial charge in [0.2, 0.25) is 0 Å². The summed E-state index contributed by atoms with van der Waals surface area (Å²) in [6.45, 7) is 0. The van der Waals surface area contributed by atoms with Crippen LogP contribution in [0, 0.1) is 0 Å². The molecule has 1 heterocycles. The summed E-state index contributed by atoms with van der Waals surface area (Å²) < 4.78 is 0. The standard InChI is InChI=1S/C22H30O2S/c23-22(24)16-10-15-21-18-17-20(25-21)14-9-4-2-1-3-6-11-19-12-7-5-8-13-19/h5,7-8,12-13,17-18H,1-4,6,9-11,14-16H2,(H,23,24). The second kappa shape index (κ2) is 11.9. The first kappa shape index (κ1) is 19.7. The zero-order chi connectivity index (χ0) is 17.7. The highest BCUT2D eigenvalue weighted by Crippen LogP contribution is 2.21. The zero-order valence-corrected chi connectivity index (χ0v) is 15.9. The highest BCUT2D eigenvalue weighted by molar-refractivity contribution is 7.11. The summed E-state index contributed by atoms with van der Waals surface area (Å²) >= 11 is 1.86. The van der Waals surface area contributed by atoms with Gasteiger partial charge in [0.25, 0.3) is 0 Å². The van der Waals surface area contributed by atoms with Gasteiger partial charge in [-0.25, -0.2) is 0 Å². The zero-order valence-electron chi connectivity index (χ0n) is 15.1. The normalized spacial score (nSPS) is 10.9. The summed E-state index contributed by atoms with van der Waals surface area (Å²) in [6, 6.07) is 15.2. The number of hydrogen-bond donors (Lipinski definition) is 1. The fourth-order valence-electron chi connectivity index (χ4n) is 3.09. The van der Waals surface area contributed by atoms with Crippen LogP contribution in [0.2, 0.25) is 0 Å². The van der Waals surface area contributed by atoms with Gasteiger partial charge < -0.3 is 5.11 Å². The van der Waals surface area contributed by atoms with Crippen molar-refractivity contribution in [2.24, 2.45) is 0 Å². The molecule has 0 saturated carbocycles. The molecule has 0 spiro atoms. The van der Waals surface area contributed by atoms with Crippen LogP contribution in [-0.4, -0.2) is 11.1 Å². The highest BCUT2D eigenvalue weighted by atomic mass is 32.1. The number of carbonyl (C=O) groups is 1. The van der Waals surface area contributed by atoms with Gasteiger partial charge in [-0.1, -0.05) is 56.0 Å². The van der Waals surface area contributed by atoms with E-state index < -0.39 is 5.97 Å². The van der Waals surface area contributed by atoms with Gasteiger partial charge in [-0.05, 0) is 56.2 Å². The number of thiophene rings is 1. The maximum absolute atomic E-state index is 10.5. The Kier molecular flexibility index (Phi) is 9.35. The molecule has 2 rings (SSSR count). The van der Waals surface area contributed by atoms with Crippen LogP contribution < -0.4 is 0 Å². The fraction of sp³-hybridized carbons (Fsp3) is 0.500. The van der Waals surface area contributed by atoms with Crippen LogP contribution in [-0.2, 0) is 24.1 Å². The second-order valence-corrected chi connectivity index (χ2v) is 7.98. The first-order chi connectivity index (χ1) is 12.2. The number of carboxylic acids is 1. The van der Waals surface area contributed by atoms with E-state index in [0.29, 0.717) is 0 Å². The largest absolute Gasteiger partial charge is 0.481 e. The maximum atomic E-state index is 10.5. The minimum Gasteiger partial charge on any atom is -0.481 e. The van der Waals surface area contributed by atoms with E-state index in [9.17, 15) is 4.79 Å². The van der Waals surface area contributed by atoms with Crippen LogP contribution in [0.3, 0.4) is 0 Å². The molecule has 0 bridgehead atoms. The van der Waals surface area contributed by atoms with Gasteiger partial charge in [0.05, 0.1) is 0 Å². The Balaban J connectivity index is 1.46. The van der Waals surface area contributed by atoms with Crippen molar-refractivity contribution in [3.63, 3.8) is 0 Å². The molecule has 0 aliphatic heterocycles. The van der Waals surface area contributed by atoms with Crippen LogP contribution in [0.15, 0.2) is 42.5 Å². The monoisotopic (exact) mass is 358 g/mol. The average Bonchev–Trinajstić information content (AvgIpc) is 3.05. The van der Waals surface area contributed by atoms with Crippen LogP contribution in [0.4, 0.5) is 0 Å². The Morgan fingerprint density at radius 3 is 1.92 bits per heavy atom. The number of aryl methyl sites for hydroxylation is 3. The molecule has 0 saturated heterocycles. The molecule has 0 fully saturated rings. The van der Waals surface area contributed by atoms with E-state index in [1.54, 1.807) is 0 Å². The number of rotatable bonds is 13. The van der Waals surface area contributed by atoms with Crippen molar-refractivity contribution in [1.82, 2.24) is 0 Å². The Morgan fingerprint density at radius 1 is 0.720 bits per heavy atom. The molecule has 0 atom stereocenters. The Hall–Kier alpha value is -1.61. The Morgan fingerprint density at radius 2 is 1.28 bits per heavy atom. The summed E-state index contributed by atoms with van der Waals surface area (Å²) in [6.07, 6.45) is 12.2. The topological polar surface area (TPSA) is 37.3 Å². The molecule has 25 heavy (non-hydrogen) atoms. The summed E-state index contributed by atoms with van der Waals surface area (Å²) in [5, 5.41) is 8.68. The molecule has 0 amide bonds. The number of unbranched alkanes of at least 4 members (excludes halogenated alkanes) is 5. The lowest BCUT2D eigenvalue weighted by Gasteiger charge is -2.02. The van der Waals surface area contributed by atoms with E-state index in [4.69, 9.17) is 5.11 Å². The van der Waals surface area contributed by atoms with Crippen molar-refractivity contribution in [3.8, 4) is 0 Å². The molecule has 3 heteroatoms. The van der Waals surface area contributed by atoms with Crippen LogP contribution in [0.1, 0.15) is 66.7 Å². The van der Waals surface area contributed by atoms with Gasteiger partial charge in [0.15, 0.2) is 0 Å². The minimum atomic E-state index is -0.694. The molecule has 2 aromatic rings. The summed E-state index contributed by atoms with van der Waals surface area (Å²) in [7, 11) is 0. The molecule has 136 valence electrons. The van der Waals surface area contributed by atoms with Crippen LogP contribution in [0.25, 0.3) is 0 Å². The van der Waals surface area contributed by atoms with Crippen molar-refractivity contribution in [3.05, 3.63) is 57.8 Å². The van der Waals surface area contributed by atoms with E-state index in [-0.39, 0.29) is 6.42 Å². The van der Waals surface area contributed by atoms with Crippen molar-refractivity contribution in [2.45, 2.75) is 70.6 Å². The average molecular weight is 359 g/mol. The third-order valence-electron chi connectivity index (χ3n) is 4.51. The predicted octanol–water partition coefficient (Wildman–Crippen LogP) is 6.28. The van der Waals surface area contributed by atoms with E-state index in [0.717, 1.165) is 12.8 Å². The van der Waals surface area contributed by atoms with Crippen molar-refractivity contribution in [1.29, 1.82) is 0 Å². The number of benzene rings is 1. The fourth-order valence-corrected chi connectivity index (χ4v) is 4.19. The van der Waals surface area contributed by atoms with Crippen LogP contribution >= 0.6 is 11.3 Å². The lowest BCUT2D eigenvalue weighted by Crippen LogP contribution is -1.94. The number of aliphatic carboxylic acids is 1. The Bertz CT molecular complexity index is 603. The molecular formula is C22H30O2S. The number of hydrogen-bond acceptors (Lipinski definition) is 2. The van der Waals surface area contributed by atoms with Gasteiger partial charge in [-0.15, -0.1) is 11.3 Å². The van der Waals surface area contributed by atoms with Gasteiger partial charge in [0, 0.05) is 16.2 Å². The minimum absolute atomic E-state index is 0.275. The third-order valence-corrected chi connectivity index (χ3v) is 5.72. The van der Waals surface area contributed by atoms with E-state index in [2.05, 4.69) is 42.5 Å².